The SMILES string of the molecule is O=[N+]([O-])c1cccc(Oc2cccc(Br)n2)c1. The van der Waals surface area contributed by atoms with Crippen molar-refractivity contribution in [2.24, 2.45) is 0 Å². The van der Waals surface area contributed by atoms with Crippen LogP contribution in [0.1, 0.15) is 0 Å². The zero-order valence-electron chi connectivity index (χ0n) is 8.54. The van der Waals surface area contributed by atoms with Crippen molar-refractivity contribution in [2.45, 2.75) is 0 Å². The summed E-state index contributed by atoms with van der Waals surface area (Å²) in [5.74, 6) is 0.754. The lowest BCUT2D eigenvalue weighted by molar-refractivity contribution is -0.384. The van der Waals surface area contributed by atoms with E-state index in [0.717, 1.165) is 0 Å². The number of pyridine rings is 1. The summed E-state index contributed by atoms with van der Waals surface area (Å²) in [5, 5.41) is 10.6. The summed E-state index contributed by atoms with van der Waals surface area (Å²) in [7, 11) is 0. The average Bonchev–Trinajstić information content (AvgIpc) is 2.29. The first-order valence-corrected chi connectivity index (χ1v) is 5.49. The van der Waals surface area contributed by atoms with Crippen molar-refractivity contribution in [3.8, 4) is 11.6 Å². The number of nitro benzene ring substituents is 1. The number of aromatic nitrogens is 1. The second-order valence-electron chi connectivity index (χ2n) is 3.16. The first kappa shape index (κ1) is 11.5. The summed E-state index contributed by atoms with van der Waals surface area (Å²) < 4.78 is 6.04. The molecule has 86 valence electrons. The van der Waals surface area contributed by atoms with Crippen LogP contribution in [0, 0.1) is 10.1 Å². The topological polar surface area (TPSA) is 65.3 Å². The minimum absolute atomic E-state index is 0.0162. The number of ether oxygens (including phenoxy) is 1. The number of non-ortho nitro benzene ring substituents is 1. The molecule has 0 saturated heterocycles. The van der Waals surface area contributed by atoms with E-state index in [-0.39, 0.29) is 5.69 Å². The van der Waals surface area contributed by atoms with Crippen molar-refractivity contribution in [1.82, 2.24) is 4.98 Å². The second-order valence-corrected chi connectivity index (χ2v) is 3.97. The number of hydrogen-bond donors (Lipinski definition) is 0. The third-order valence-corrected chi connectivity index (χ3v) is 2.38. The van der Waals surface area contributed by atoms with Gasteiger partial charge in [0.05, 0.1) is 11.0 Å². The molecule has 2 aromatic rings. The molecule has 1 heterocycles. The molecule has 0 fully saturated rings. The molecule has 5 nitrogen and oxygen atoms in total. The number of nitrogens with zero attached hydrogens (tertiary/aromatic N) is 2. The van der Waals surface area contributed by atoms with E-state index >= 15 is 0 Å². The van der Waals surface area contributed by atoms with Gasteiger partial charge in [0.2, 0.25) is 5.88 Å². The summed E-state index contributed by atoms with van der Waals surface area (Å²) in [6.45, 7) is 0. The van der Waals surface area contributed by atoms with E-state index in [1.165, 1.54) is 12.1 Å². The molecule has 0 radical (unpaired) electrons. The van der Waals surface area contributed by atoms with Crippen LogP contribution in [0.2, 0.25) is 0 Å². The van der Waals surface area contributed by atoms with Gasteiger partial charge in [-0.25, -0.2) is 4.98 Å². The van der Waals surface area contributed by atoms with Crippen LogP contribution in [-0.4, -0.2) is 9.91 Å². The Morgan fingerprint density at radius 3 is 2.71 bits per heavy atom. The quantitative estimate of drug-likeness (QED) is 0.493. The number of hydrogen-bond acceptors (Lipinski definition) is 4. The van der Waals surface area contributed by atoms with Crippen LogP contribution >= 0.6 is 15.9 Å². The van der Waals surface area contributed by atoms with Gasteiger partial charge < -0.3 is 4.74 Å². The fourth-order valence-electron chi connectivity index (χ4n) is 1.23. The van der Waals surface area contributed by atoms with Gasteiger partial charge in [-0.2, -0.15) is 0 Å². The van der Waals surface area contributed by atoms with Gasteiger partial charge >= 0.3 is 0 Å². The first-order chi connectivity index (χ1) is 8.15. The van der Waals surface area contributed by atoms with Crippen LogP contribution in [0.25, 0.3) is 0 Å². The smallest absolute Gasteiger partial charge is 0.273 e. The van der Waals surface area contributed by atoms with Gasteiger partial charge in [-0.15, -0.1) is 0 Å². The molecular formula is C11H7BrN2O3. The van der Waals surface area contributed by atoms with Gasteiger partial charge in [0.1, 0.15) is 10.4 Å². The lowest BCUT2D eigenvalue weighted by atomic mass is 10.3. The van der Waals surface area contributed by atoms with Crippen molar-refractivity contribution < 1.29 is 9.66 Å². The molecule has 6 heteroatoms. The predicted molar refractivity (Wildman–Crippen MR) is 65.1 cm³/mol. The van der Waals surface area contributed by atoms with Gasteiger partial charge in [-0.05, 0) is 28.1 Å². The highest BCUT2D eigenvalue weighted by atomic mass is 79.9. The maximum atomic E-state index is 10.6. The third-order valence-electron chi connectivity index (χ3n) is 1.94. The predicted octanol–water partition coefficient (Wildman–Crippen LogP) is 3.54. The summed E-state index contributed by atoms with van der Waals surface area (Å²) in [4.78, 5) is 14.2. The van der Waals surface area contributed by atoms with E-state index in [2.05, 4.69) is 20.9 Å². The van der Waals surface area contributed by atoms with E-state index < -0.39 is 4.92 Å². The summed E-state index contributed by atoms with van der Waals surface area (Å²) >= 11 is 3.21. The molecule has 0 spiro atoms. The van der Waals surface area contributed by atoms with Gasteiger partial charge in [0.15, 0.2) is 0 Å². The number of rotatable bonds is 3. The highest BCUT2D eigenvalue weighted by molar-refractivity contribution is 9.10. The molecule has 2 rings (SSSR count). The molecule has 0 atom stereocenters. The van der Waals surface area contributed by atoms with Crippen LogP contribution in [0.5, 0.6) is 11.6 Å². The standard InChI is InChI=1S/C11H7BrN2O3/c12-10-5-2-6-11(13-10)17-9-4-1-3-8(7-9)14(15)16/h1-7H. The van der Waals surface area contributed by atoms with Crippen LogP contribution in [0.4, 0.5) is 5.69 Å². The van der Waals surface area contributed by atoms with E-state index in [1.54, 1.807) is 30.3 Å². The van der Waals surface area contributed by atoms with Crippen molar-refractivity contribution >= 4 is 21.6 Å². The Balaban J connectivity index is 2.24. The molecule has 1 aromatic heterocycles. The molecule has 0 aliphatic rings. The molecule has 0 amide bonds. The fraction of sp³-hybridized carbons (Fsp3) is 0. The monoisotopic (exact) mass is 294 g/mol. The molecule has 0 bridgehead atoms. The zero-order valence-corrected chi connectivity index (χ0v) is 10.1. The normalized spacial score (nSPS) is 9.94. The Morgan fingerprint density at radius 1 is 1.24 bits per heavy atom. The van der Waals surface area contributed by atoms with Crippen LogP contribution in [0.3, 0.4) is 0 Å². The van der Waals surface area contributed by atoms with E-state index in [4.69, 9.17) is 4.74 Å². The lowest BCUT2D eigenvalue weighted by Gasteiger charge is -2.04. The maximum Gasteiger partial charge on any atom is 0.273 e. The van der Waals surface area contributed by atoms with Gasteiger partial charge in [-0.1, -0.05) is 12.1 Å². The first-order valence-electron chi connectivity index (χ1n) is 4.70. The Bertz CT molecular complexity index is 560. The van der Waals surface area contributed by atoms with Crippen LogP contribution in [0.15, 0.2) is 47.1 Å². The van der Waals surface area contributed by atoms with Crippen molar-refractivity contribution in [2.75, 3.05) is 0 Å². The van der Waals surface area contributed by atoms with E-state index in [1.807, 2.05) is 0 Å². The van der Waals surface area contributed by atoms with Gasteiger partial charge in [0, 0.05) is 12.1 Å². The van der Waals surface area contributed by atoms with Crippen LogP contribution in [-0.2, 0) is 0 Å². The Hall–Kier alpha value is -1.95. The molecule has 0 unspecified atom stereocenters. The number of nitro groups is 1. The summed E-state index contributed by atoms with van der Waals surface area (Å²) in [6.07, 6.45) is 0. The minimum Gasteiger partial charge on any atom is -0.439 e. The molecule has 0 aliphatic carbocycles. The van der Waals surface area contributed by atoms with Gasteiger partial charge in [-0.3, -0.25) is 10.1 Å². The third kappa shape index (κ3) is 3.01. The van der Waals surface area contributed by atoms with Crippen molar-refractivity contribution in [3.63, 3.8) is 0 Å². The highest BCUT2D eigenvalue weighted by Crippen LogP contribution is 2.24. The molecule has 0 saturated carbocycles. The van der Waals surface area contributed by atoms with E-state index in [9.17, 15) is 10.1 Å². The molecule has 0 aliphatic heterocycles. The maximum absolute atomic E-state index is 10.6. The number of halogens is 1. The Morgan fingerprint density at radius 2 is 2.00 bits per heavy atom. The van der Waals surface area contributed by atoms with Crippen LogP contribution < -0.4 is 4.74 Å². The van der Waals surface area contributed by atoms with Gasteiger partial charge in [0.25, 0.3) is 5.69 Å². The minimum atomic E-state index is -0.471. The molecule has 17 heavy (non-hydrogen) atoms. The Labute approximate surface area is 105 Å². The summed E-state index contributed by atoms with van der Waals surface area (Å²) in [5.41, 5.74) is -0.0162. The number of benzene rings is 1. The largest absolute Gasteiger partial charge is 0.439 e. The fourth-order valence-corrected chi connectivity index (χ4v) is 1.56. The summed E-state index contributed by atoms with van der Waals surface area (Å²) in [6, 6.07) is 11.2. The zero-order chi connectivity index (χ0) is 12.3. The van der Waals surface area contributed by atoms with Crippen molar-refractivity contribution in [1.29, 1.82) is 0 Å². The molecule has 0 N–H and O–H groups in total. The van der Waals surface area contributed by atoms with E-state index in [0.29, 0.717) is 16.2 Å². The average molecular weight is 295 g/mol. The van der Waals surface area contributed by atoms with Crippen molar-refractivity contribution in [3.05, 3.63) is 57.2 Å². The molecular weight excluding hydrogens is 288 g/mol. The Kier molecular flexibility index (Phi) is 3.34. The second kappa shape index (κ2) is 4.92. The lowest BCUT2D eigenvalue weighted by Crippen LogP contribution is -1.90. The highest BCUT2D eigenvalue weighted by Gasteiger charge is 2.07. The molecule has 1 aromatic carbocycles.